The molecule has 0 aliphatic carbocycles. The number of hydrogen-bond donors (Lipinski definition) is 4. The molecule has 0 heterocycles. The molecule has 0 rings (SSSR count). The highest BCUT2D eigenvalue weighted by Crippen LogP contribution is 2.54. The number of nitrogens with two attached hydrogens (primary N) is 1. The maximum absolute atomic E-state index is 12.2. The summed E-state index contributed by atoms with van der Waals surface area (Å²) in [5, 5.41) is 13.9. The number of carbonyl (C=O) groups is 2. The summed E-state index contributed by atoms with van der Waals surface area (Å²) in [5.41, 5.74) is 5.72. The first-order chi connectivity index (χ1) is 11.3. The molecule has 24 heavy (non-hydrogen) atoms. The number of amides is 1. The van der Waals surface area contributed by atoms with Crippen LogP contribution in [0.5, 0.6) is 0 Å². The SMILES string of the molecule is CNCCCCC(C(=O)NCCCCC(N)C(=O)P(P)P)[P+](=N)P. The van der Waals surface area contributed by atoms with Crippen LogP contribution in [-0.2, 0) is 9.59 Å². The average molecular weight is 431 g/mol. The largest absolute Gasteiger partial charge is 0.352 e. The van der Waals surface area contributed by atoms with Gasteiger partial charge < -0.3 is 16.4 Å². The minimum atomic E-state index is -1.11. The average Bonchev–Trinajstić information content (AvgIpc) is 2.52. The molecule has 0 fully saturated rings. The van der Waals surface area contributed by atoms with Crippen LogP contribution in [0.15, 0.2) is 0 Å². The molecule has 6 unspecified atom stereocenters. The summed E-state index contributed by atoms with van der Waals surface area (Å²) in [7, 11) is 7.50. The van der Waals surface area contributed by atoms with E-state index in [2.05, 4.69) is 37.4 Å². The summed E-state index contributed by atoms with van der Waals surface area (Å²) >= 11 is 0. The van der Waals surface area contributed by atoms with Gasteiger partial charge >= 0.3 is 0 Å². The van der Waals surface area contributed by atoms with E-state index in [1.165, 1.54) is 0 Å². The first-order valence-corrected chi connectivity index (χ1v) is 15.7. The van der Waals surface area contributed by atoms with Gasteiger partial charge in [0, 0.05) is 20.3 Å². The maximum atomic E-state index is 12.2. The molecule has 0 bridgehead atoms. The van der Waals surface area contributed by atoms with Gasteiger partial charge in [0.05, 0.1) is 6.04 Å². The lowest BCUT2D eigenvalue weighted by Gasteiger charge is -2.13. The molecule has 0 aliphatic rings. The molecule has 0 aromatic heterocycles. The number of rotatable bonds is 14. The van der Waals surface area contributed by atoms with E-state index in [1.807, 2.05) is 7.05 Å². The summed E-state index contributed by atoms with van der Waals surface area (Å²) in [6.07, 6.45) is 5.01. The van der Waals surface area contributed by atoms with Gasteiger partial charge in [-0.2, -0.15) is 0 Å². The number of nitrogens with one attached hydrogen (secondary N) is 3. The second kappa shape index (κ2) is 15.0. The Morgan fingerprint density at radius 2 is 1.75 bits per heavy atom. The summed E-state index contributed by atoms with van der Waals surface area (Å²) in [5.74, 6) is -0.0191. The van der Waals surface area contributed by atoms with Crippen molar-refractivity contribution in [1.82, 2.24) is 10.6 Å². The van der Waals surface area contributed by atoms with Crippen LogP contribution in [0.4, 0.5) is 0 Å². The van der Waals surface area contributed by atoms with Crippen LogP contribution >= 0.6 is 41.5 Å². The fourth-order valence-electron chi connectivity index (χ4n) is 2.17. The smallest absolute Gasteiger partial charge is 0.270 e. The molecule has 0 aliphatic heterocycles. The normalized spacial score (nSPS) is 14.3. The highest BCUT2D eigenvalue weighted by atomic mass is 32.4. The van der Waals surface area contributed by atoms with Crippen LogP contribution in [0.1, 0.15) is 38.5 Å². The number of unbranched alkanes of at least 4 members (excludes halogenated alkanes) is 2. The van der Waals surface area contributed by atoms with Crippen molar-refractivity contribution in [3.05, 3.63) is 0 Å². The van der Waals surface area contributed by atoms with E-state index in [4.69, 9.17) is 10.9 Å². The molecule has 6 atom stereocenters. The molecule has 11 heteroatoms. The molecular weight excluding hydrogens is 399 g/mol. The fourth-order valence-corrected chi connectivity index (χ4v) is 5.49. The molecule has 1 amide bonds. The molecule has 0 saturated heterocycles. The van der Waals surface area contributed by atoms with Crippen molar-refractivity contribution in [2.75, 3.05) is 20.1 Å². The van der Waals surface area contributed by atoms with Crippen molar-refractivity contribution in [3.63, 3.8) is 0 Å². The molecule has 6 nitrogen and oxygen atoms in total. The van der Waals surface area contributed by atoms with Crippen molar-refractivity contribution in [3.8, 4) is 0 Å². The van der Waals surface area contributed by atoms with Gasteiger partial charge in [0.25, 0.3) is 5.91 Å². The first kappa shape index (κ1) is 24.9. The third-order valence-corrected chi connectivity index (χ3v) is 8.22. The summed E-state index contributed by atoms with van der Waals surface area (Å²) < 4.78 is 0. The van der Waals surface area contributed by atoms with E-state index in [0.29, 0.717) is 13.0 Å². The zero-order valence-electron chi connectivity index (χ0n) is 14.3. The first-order valence-electron chi connectivity index (χ1n) is 8.07. The molecule has 0 aromatic carbocycles. The van der Waals surface area contributed by atoms with Gasteiger partial charge in [-0.05, 0) is 45.7 Å². The Kier molecular flexibility index (Phi) is 15.5. The van der Waals surface area contributed by atoms with E-state index in [1.54, 1.807) is 0 Å². The Balaban J connectivity index is 3.99. The number of carbonyl (C=O) groups excluding carboxylic acids is 2. The lowest BCUT2D eigenvalue weighted by Crippen LogP contribution is -2.33. The predicted octanol–water partition coefficient (Wildman–Crippen LogP) is 2.98. The van der Waals surface area contributed by atoms with Crippen molar-refractivity contribution >= 4 is 52.9 Å². The number of hydrogen-bond acceptors (Lipinski definition) is 5. The molecule has 140 valence electrons. The summed E-state index contributed by atoms with van der Waals surface area (Å²) in [4.78, 5) is 23.9. The maximum Gasteiger partial charge on any atom is 0.270 e. The van der Waals surface area contributed by atoms with Crippen LogP contribution in [0.2, 0.25) is 0 Å². The van der Waals surface area contributed by atoms with Crippen molar-refractivity contribution in [2.24, 2.45) is 5.73 Å². The lowest BCUT2D eigenvalue weighted by atomic mass is 10.1. The van der Waals surface area contributed by atoms with Crippen LogP contribution in [0.3, 0.4) is 0 Å². The monoisotopic (exact) mass is 431 g/mol. The van der Waals surface area contributed by atoms with Crippen LogP contribution in [-0.4, -0.2) is 43.3 Å². The van der Waals surface area contributed by atoms with E-state index >= 15 is 0 Å². The van der Waals surface area contributed by atoms with Gasteiger partial charge in [0.2, 0.25) is 13.1 Å². The van der Waals surface area contributed by atoms with Gasteiger partial charge in [-0.1, -0.05) is 17.9 Å². The van der Waals surface area contributed by atoms with Crippen LogP contribution in [0, 0.1) is 5.16 Å². The van der Waals surface area contributed by atoms with Crippen molar-refractivity contribution < 1.29 is 9.59 Å². The third-order valence-electron chi connectivity index (χ3n) is 3.61. The zero-order chi connectivity index (χ0) is 18.5. The van der Waals surface area contributed by atoms with E-state index in [-0.39, 0.29) is 17.1 Å². The summed E-state index contributed by atoms with van der Waals surface area (Å²) in [6, 6.07) is -0.408. The van der Waals surface area contributed by atoms with Crippen molar-refractivity contribution in [2.45, 2.75) is 50.2 Å². The van der Waals surface area contributed by atoms with E-state index in [9.17, 15) is 9.59 Å². The Hall–Kier alpha value is 0.880. The Morgan fingerprint density at radius 3 is 2.29 bits per heavy atom. The highest BCUT2D eigenvalue weighted by molar-refractivity contribution is 8.50. The molecule has 0 aromatic rings. The Morgan fingerprint density at radius 1 is 1.17 bits per heavy atom. The van der Waals surface area contributed by atoms with Gasteiger partial charge in [-0.25, -0.2) is 0 Å². The third kappa shape index (κ3) is 11.5. The minimum Gasteiger partial charge on any atom is -0.352 e. The molecule has 0 saturated carbocycles. The van der Waals surface area contributed by atoms with Gasteiger partial charge in [-0.3, -0.25) is 9.59 Å². The van der Waals surface area contributed by atoms with E-state index in [0.717, 1.165) is 38.6 Å². The quantitative estimate of drug-likeness (QED) is 0.251. The topological polar surface area (TPSA) is 108 Å². The lowest BCUT2D eigenvalue weighted by molar-refractivity contribution is -0.120. The molecule has 5 N–H and O–H groups in total. The van der Waals surface area contributed by atoms with Crippen LogP contribution < -0.4 is 16.4 Å². The second-order valence-electron chi connectivity index (χ2n) is 5.66. The predicted molar refractivity (Wildman–Crippen MR) is 117 cm³/mol. The second-order valence-corrected chi connectivity index (χ2v) is 15.2. The molecular formula is C13H32N4O2P5+. The molecule has 0 radical (unpaired) electrons. The zero-order valence-corrected chi connectivity index (χ0v) is 19.6. The highest BCUT2D eigenvalue weighted by Gasteiger charge is 2.29. The van der Waals surface area contributed by atoms with Gasteiger partial charge in [-0.15, -0.1) is 5.16 Å². The van der Waals surface area contributed by atoms with Crippen molar-refractivity contribution in [1.29, 1.82) is 5.16 Å². The van der Waals surface area contributed by atoms with E-state index < -0.39 is 20.7 Å². The fraction of sp³-hybridized carbons (Fsp3) is 0.846. The van der Waals surface area contributed by atoms with Gasteiger partial charge in [0.15, 0.2) is 5.52 Å². The molecule has 0 spiro atoms. The van der Waals surface area contributed by atoms with Gasteiger partial charge in [0.1, 0.15) is 8.93 Å². The summed E-state index contributed by atoms with van der Waals surface area (Å²) in [6.45, 7) is 1.52. The Labute approximate surface area is 154 Å². The van der Waals surface area contributed by atoms with Crippen LogP contribution in [0.25, 0.3) is 0 Å². The standard InChI is InChI=1S/C13H31N4O2P5/c1-16-8-4-3-7-11(23(15)20)12(18)17-9-5-2-6-10(14)13(19)24(21)22/h10-11,15-16H,2-9,14,20-22H2,1H3/p+1. The Bertz CT molecular complexity index is 412. The minimum absolute atomic E-state index is 0.0191.